The van der Waals surface area contributed by atoms with Gasteiger partial charge in [-0.15, -0.1) is 21.5 Å². The van der Waals surface area contributed by atoms with Gasteiger partial charge in [-0.1, -0.05) is 43.4 Å². The Bertz CT molecular complexity index is 1410. The Morgan fingerprint density at radius 3 is 2.60 bits per heavy atom. The molecular weight excluding hydrogens is 490 g/mol. The highest BCUT2D eigenvalue weighted by atomic mass is 32.1. The minimum Gasteiger partial charge on any atom is -0.490 e. The van der Waals surface area contributed by atoms with E-state index in [2.05, 4.69) is 20.5 Å². The number of amides is 1. The number of esters is 1. The van der Waals surface area contributed by atoms with E-state index in [1.165, 1.54) is 22.2 Å². The van der Waals surface area contributed by atoms with E-state index in [1.54, 1.807) is 6.92 Å². The van der Waals surface area contributed by atoms with Crippen LogP contribution in [0.25, 0.3) is 10.2 Å². The van der Waals surface area contributed by atoms with E-state index in [0.717, 1.165) is 16.3 Å². The molecule has 0 radical (unpaired) electrons. The van der Waals surface area contributed by atoms with Crippen molar-refractivity contribution in [1.29, 1.82) is 0 Å². The molecule has 0 bridgehead atoms. The minimum atomic E-state index is -0.553. The van der Waals surface area contributed by atoms with Crippen LogP contribution in [0, 0.1) is 6.92 Å². The molecule has 0 aliphatic rings. The van der Waals surface area contributed by atoms with E-state index in [0.29, 0.717) is 26.2 Å². The Balaban J connectivity index is 1.42. The Kier molecular flexibility index (Phi) is 7.51. The van der Waals surface area contributed by atoms with Crippen molar-refractivity contribution in [3.05, 3.63) is 62.5 Å². The quantitative estimate of drug-likeness (QED) is 0.266. The molecular formula is C23H23N5O5S2. The normalized spacial score (nSPS) is 11.1. The van der Waals surface area contributed by atoms with Crippen LogP contribution >= 0.6 is 22.7 Å². The summed E-state index contributed by atoms with van der Waals surface area (Å²) < 4.78 is 12.0. The lowest BCUT2D eigenvalue weighted by atomic mass is 10.2. The van der Waals surface area contributed by atoms with Crippen LogP contribution in [-0.4, -0.2) is 44.8 Å². The highest BCUT2D eigenvalue weighted by Gasteiger charge is 2.21. The van der Waals surface area contributed by atoms with Crippen LogP contribution in [-0.2, 0) is 16.1 Å². The van der Waals surface area contributed by atoms with Gasteiger partial charge in [-0.25, -0.2) is 9.78 Å². The molecule has 0 unspecified atom stereocenters. The van der Waals surface area contributed by atoms with Crippen molar-refractivity contribution in [3.63, 3.8) is 0 Å². The SMILES string of the molecule is Cc1c(C(=O)OCCOc2ccccc2)sc2ncn(CC(=O)Nc3nnc(C(C)C)s3)c(=O)c12. The average Bonchev–Trinajstić information content (AvgIpc) is 3.44. The number of para-hydroxylation sites is 1. The summed E-state index contributed by atoms with van der Waals surface area (Å²) >= 11 is 2.37. The molecule has 10 nitrogen and oxygen atoms in total. The number of carbonyl (C=O) groups is 2. The van der Waals surface area contributed by atoms with Gasteiger partial charge in [0.05, 0.1) is 11.7 Å². The summed E-state index contributed by atoms with van der Waals surface area (Å²) in [5.74, 6) is -0.0956. The van der Waals surface area contributed by atoms with E-state index < -0.39 is 17.4 Å². The molecule has 3 heterocycles. The lowest BCUT2D eigenvalue weighted by molar-refractivity contribution is -0.116. The van der Waals surface area contributed by atoms with Crippen molar-refractivity contribution in [2.75, 3.05) is 18.5 Å². The third kappa shape index (κ3) is 5.72. The van der Waals surface area contributed by atoms with Crippen molar-refractivity contribution in [2.24, 2.45) is 0 Å². The maximum Gasteiger partial charge on any atom is 0.348 e. The molecule has 0 spiro atoms. The van der Waals surface area contributed by atoms with E-state index >= 15 is 0 Å². The number of aromatic nitrogens is 4. The van der Waals surface area contributed by atoms with E-state index in [4.69, 9.17) is 9.47 Å². The van der Waals surface area contributed by atoms with Crippen molar-refractivity contribution in [2.45, 2.75) is 33.2 Å². The van der Waals surface area contributed by atoms with Gasteiger partial charge >= 0.3 is 5.97 Å². The fourth-order valence-electron chi connectivity index (χ4n) is 3.17. The second-order valence-electron chi connectivity index (χ2n) is 7.86. The lowest BCUT2D eigenvalue weighted by Crippen LogP contribution is -2.27. The van der Waals surface area contributed by atoms with Crippen molar-refractivity contribution >= 4 is 49.9 Å². The Morgan fingerprint density at radius 1 is 1.11 bits per heavy atom. The molecule has 1 amide bonds. The summed E-state index contributed by atoms with van der Waals surface area (Å²) in [6.45, 7) is 5.65. The van der Waals surface area contributed by atoms with Crippen LogP contribution < -0.4 is 15.6 Å². The molecule has 4 rings (SSSR count). The maximum absolute atomic E-state index is 13.0. The summed E-state index contributed by atoms with van der Waals surface area (Å²) in [6.07, 6.45) is 1.29. The molecule has 0 saturated heterocycles. The number of carbonyl (C=O) groups excluding carboxylic acids is 2. The number of ether oxygens (including phenoxy) is 2. The third-order valence-electron chi connectivity index (χ3n) is 4.93. The van der Waals surface area contributed by atoms with Crippen LogP contribution in [0.2, 0.25) is 0 Å². The molecule has 4 aromatic rings. The standard InChI is InChI=1S/C23H23N5O5S2/c1-13(2)19-26-27-23(35-19)25-16(29)11-28-12-24-20-17(21(28)30)14(3)18(34-20)22(31)33-10-9-32-15-7-5-4-6-8-15/h4-8,12-13H,9-11H2,1-3H3,(H,25,27,29). The monoisotopic (exact) mass is 513 g/mol. The first kappa shape index (κ1) is 24.5. The number of thiophene rings is 1. The van der Waals surface area contributed by atoms with Gasteiger partial charge in [0.2, 0.25) is 11.0 Å². The van der Waals surface area contributed by atoms with Gasteiger partial charge in [0.25, 0.3) is 5.56 Å². The molecule has 35 heavy (non-hydrogen) atoms. The van der Waals surface area contributed by atoms with E-state index in [-0.39, 0.29) is 31.1 Å². The molecule has 0 fully saturated rings. The second-order valence-corrected chi connectivity index (χ2v) is 9.87. The fraction of sp³-hybridized carbons (Fsp3) is 0.304. The van der Waals surface area contributed by atoms with Gasteiger partial charge in [0.15, 0.2) is 0 Å². The summed E-state index contributed by atoms with van der Waals surface area (Å²) in [6, 6.07) is 9.21. The van der Waals surface area contributed by atoms with Crippen LogP contribution in [0.1, 0.15) is 40.0 Å². The number of rotatable bonds is 9. The Morgan fingerprint density at radius 2 is 1.89 bits per heavy atom. The fourth-order valence-corrected chi connectivity index (χ4v) is 4.97. The molecule has 0 atom stereocenters. The summed E-state index contributed by atoms with van der Waals surface area (Å²) in [5, 5.41) is 12.1. The minimum absolute atomic E-state index is 0.0589. The molecule has 1 N–H and O–H groups in total. The van der Waals surface area contributed by atoms with Gasteiger partial charge in [-0.05, 0) is 24.6 Å². The number of hydrogen-bond donors (Lipinski definition) is 1. The second kappa shape index (κ2) is 10.7. The van der Waals surface area contributed by atoms with Crippen molar-refractivity contribution in [1.82, 2.24) is 19.7 Å². The first-order chi connectivity index (χ1) is 16.8. The van der Waals surface area contributed by atoms with Crippen LogP contribution in [0.3, 0.4) is 0 Å². The molecule has 0 aliphatic heterocycles. The van der Waals surface area contributed by atoms with Gasteiger partial charge in [-0.3, -0.25) is 19.5 Å². The van der Waals surface area contributed by atoms with Gasteiger partial charge in [-0.2, -0.15) is 0 Å². The van der Waals surface area contributed by atoms with Crippen LogP contribution in [0.4, 0.5) is 5.13 Å². The predicted octanol–water partition coefficient (Wildman–Crippen LogP) is 3.62. The smallest absolute Gasteiger partial charge is 0.348 e. The maximum atomic E-state index is 13.0. The number of anilines is 1. The van der Waals surface area contributed by atoms with Crippen molar-refractivity contribution < 1.29 is 19.1 Å². The molecule has 3 aromatic heterocycles. The average molecular weight is 514 g/mol. The number of hydrogen-bond acceptors (Lipinski definition) is 10. The highest BCUT2D eigenvalue weighted by Crippen LogP contribution is 2.27. The first-order valence-corrected chi connectivity index (χ1v) is 12.4. The lowest BCUT2D eigenvalue weighted by Gasteiger charge is -2.07. The molecule has 0 aliphatic carbocycles. The Labute approximate surface area is 208 Å². The van der Waals surface area contributed by atoms with Gasteiger partial charge in [0, 0.05) is 5.92 Å². The summed E-state index contributed by atoms with van der Waals surface area (Å²) in [7, 11) is 0. The predicted molar refractivity (Wildman–Crippen MR) is 133 cm³/mol. The van der Waals surface area contributed by atoms with Crippen molar-refractivity contribution in [3.8, 4) is 5.75 Å². The highest BCUT2D eigenvalue weighted by molar-refractivity contribution is 7.20. The number of nitrogens with zero attached hydrogens (tertiary/aromatic N) is 4. The van der Waals surface area contributed by atoms with Crippen LogP contribution in [0.5, 0.6) is 5.75 Å². The molecule has 0 saturated carbocycles. The Hall–Kier alpha value is -3.64. The molecule has 1 aromatic carbocycles. The zero-order chi connectivity index (χ0) is 24.9. The van der Waals surface area contributed by atoms with E-state index in [1.807, 2.05) is 44.2 Å². The number of aryl methyl sites for hydroxylation is 1. The summed E-state index contributed by atoms with van der Waals surface area (Å²) in [5.41, 5.74) is 0.0578. The molecule has 182 valence electrons. The molecule has 12 heteroatoms. The van der Waals surface area contributed by atoms with Gasteiger partial charge < -0.3 is 9.47 Å². The van der Waals surface area contributed by atoms with Crippen LogP contribution in [0.15, 0.2) is 41.5 Å². The summed E-state index contributed by atoms with van der Waals surface area (Å²) in [4.78, 5) is 43.1. The van der Waals surface area contributed by atoms with Gasteiger partial charge in [0.1, 0.15) is 40.2 Å². The zero-order valence-electron chi connectivity index (χ0n) is 19.3. The number of nitrogens with one attached hydrogen (secondary N) is 1. The third-order valence-corrected chi connectivity index (χ3v) is 7.25. The van der Waals surface area contributed by atoms with E-state index in [9.17, 15) is 14.4 Å². The topological polar surface area (TPSA) is 125 Å². The largest absolute Gasteiger partial charge is 0.490 e. The zero-order valence-corrected chi connectivity index (χ0v) is 20.9. The number of fused-ring (bicyclic) bond motifs is 1. The first-order valence-electron chi connectivity index (χ1n) is 10.8. The number of benzene rings is 1.